The summed E-state index contributed by atoms with van der Waals surface area (Å²) in [6, 6.07) is 4.62. The van der Waals surface area contributed by atoms with Gasteiger partial charge in [-0.1, -0.05) is 0 Å². The molecule has 1 aliphatic heterocycles. The molecular weight excluding hydrogens is 290 g/mol. The van der Waals surface area contributed by atoms with Crippen molar-refractivity contribution in [2.75, 3.05) is 39.5 Å². The molecule has 0 radical (unpaired) electrons. The number of sulfonamides is 1. The number of benzene rings is 1. The molecule has 0 spiro atoms. The fraction of sp³-hybridized carbons (Fsp3) is 0.571. The van der Waals surface area contributed by atoms with Crippen molar-refractivity contribution in [2.45, 2.75) is 24.3 Å². The number of likely N-dealkylation sites (N-methyl/N-ethyl adjacent to an activating group) is 1. The third-order valence-electron chi connectivity index (χ3n) is 4.09. The van der Waals surface area contributed by atoms with Crippen LogP contribution in [0.4, 0.5) is 5.69 Å². The van der Waals surface area contributed by atoms with Crippen molar-refractivity contribution >= 4 is 15.7 Å². The van der Waals surface area contributed by atoms with E-state index in [0.717, 1.165) is 0 Å². The molecule has 0 atom stereocenters. The molecule has 0 unspecified atom stereocenters. The van der Waals surface area contributed by atoms with Gasteiger partial charge in [-0.2, -0.15) is 4.31 Å². The van der Waals surface area contributed by atoms with Gasteiger partial charge in [-0.05, 0) is 33.0 Å². The highest BCUT2D eigenvalue weighted by Gasteiger charge is 2.38. The predicted octanol–water partition coefficient (Wildman–Crippen LogP) is 0.992. The smallest absolute Gasteiger partial charge is 0.246 e. The van der Waals surface area contributed by atoms with Crippen LogP contribution in [0, 0.1) is 0 Å². The van der Waals surface area contributed by atoms with Crippen molar-refractivity contribution < 1.29 is 13.2 Å². The molecule has 2 N–H and O–H groups in total. The molecule has 1 aromatic carbocycles. The number of nitrogen functional groups attached to an aromatic ring is 1. The van der Waals surface area contributed by atoms with E-state index in [2.05, 4.69) is 4.90 Å². The van der Waals surface area contributed by atoms with Crippen LogP contribution in [0.5, 0.6) is 5.75 Å². The van der Waals surface area contributed by atoms with Crippen LogP contribution in [0.25, 0.3) is 0 Å². The SMILES string of the molecule is COc1cc(N)ccc1S(=O)(=O)N1CCN(C)C(C)(C)C1. The summed E-state index contributed by atoms with van der Waals surface area (Å²) >= 11 is 0. The van der Waals surface area contributed by atoms with E-state index in [0.29, 0.717) is 25.3 Å². The number of ether oxygens (including phenoxy) is 1. The summed E-state index contributed by atoms with van der Waals surface area (Å²) in [6.45, 7) is 5.68. The first kappa shape index (κ1) is 16.1. The van der Waals surface area contributed by atoms with Gasteiger partial charge in [0.05, 0.1) is 7.11 Å². The zero-order valence-corrected chi connectivity index (χ0v) is 13.8. The first-order valence-corrected chi connectivity index (χ1v) is 8.27. The number of piperazine rings is 1. The molecule has 1 saturated heterocycles. The Hall–Kier alpha value is -1.31. The summed E-state index contributed by atoms with van der Waals surface area (Å²) in [5, 5.41) is 0. The summed E-state index contributed by atoms with van der Waals surface area (Å²) < 4.78 is 32.4. The normalized spacial score (nSPS) is 20.4. The zero-order valence-electron chi connectivity index (χ0n) is 13.0. The fourth-order valence-electron chi connectivity index (χ4n) is 2.44. The zero-order chi connectivity index (χ0) is 15.8. The highest BCUT2D eigenvalue weighted by atomic mass is 32.2. The molecule has 0 aromatic heterocycles. The second kappa shape index (κ2) is 5.47. The highest BCUT2D eigenvalue weighted by molar-refractivity contribution is 7.89. The Morgan fingerprint density at radius 2 is 1.95 bits per heavy atom. The van der Waals surface area contributed by atoms with Crippen LogP contribution in [0.15, 0.2) is 23.1 Å². The molecule has 6 nitrogen and oxygen atoms in total. The average molecular weight is 313 g/mol. The van der Waals surface area contributed by atoms with Gasteiger partial charge in [-0.25, -0.2) is 8.42 Å². The van der Waals surface area contributed by atoms with Crippen LogP contribution in [-0.4, -0.2) is 57.0 Å². The minimum absolute atomic E-state index is 0.166. The second-order valence-electron chi connectivity index (χ2n) is 5.98. The van der Waals surface area contributed by atoms with E-state index in [1.165, 1.54) is 23.5 Å². The van der Waals surface area contributed by atoms with Crippen LogP contribution in [0.2, 0.25) is 0 Å². The fourth-order valence-corrected chi connectivity index (χ4v) is 4.16. The summed E-state index contributed by atoms with van der Waals surface area (Å²) in [5.74, 6) is 0.284. The Morgan fingerprint density at radius 1 is 1.29 bits per heavy atom. The number of rotatable bonds is 3. The Morgan fingerprint density at radius 3 is 2.52 bits per heavy atom. The summed E-state index contributed by atoms with van der Waals surface area (Å²) in [4.78, 5) is 2.33. The van der Waals surface area contributed by atoms with Gasteiger partial charge in [0.2, 0.25) is 10.0 Å². The van der Waals surface area contributed by atoms with Gasteiger partial charge in [-0.15, -0.1) is 0 Å². The lowest BCUT2D eigenvalue weighted by molar-refractivity contribution is 0.0801. The van der Waals surface area contributed by atoms with Crippen LogP contribution >= 0.6 is 0 Å². The van der Waals surface area contributed by atoms with E-state index in [4.69, 9.17) is 10.5 Å². The number of nitrogens with zero attached hydrogens (tertiary/aromatic N) is 2. The molecule has 0 saturated carbocycles. The molecule has 7 heteroatoms. The van der Waals surface area contributed by atoms with Gasteiger partial charge in [-0.3, -0.25) is 4.90 Å². The molecule has 21 heavy (non-hydrogen) atoms. The highest BCUT2D eigenvalue weighted by Crippen LogP contribution is 2.31. The summed E-state index contributed by atoms with van der Waals surface area (Å²) in [7, 11) is -0.136. The minimum Gasteiger partial charge on any atom is -0.495 e. The van der Waals surface area contributed by atoms with Crippen LogP contribution < -0.4 is 10.5 Å². The number of hydrogen-bond acceptors (Lipinski definition) is 5. The topological polar surface area (TPSA) is 75.9 Å². The van der Waals surface area contributed by atoms with Crippen LogP contribution in [0.1, 0.15) is 13.8 Å². The third kappa shape index (κ3) is 3.00. The van der Waals surface area contributed by atoms with E-state index in [9.17, 15) is 8.42 Å². The Bertz CT molecular complexity index is 628. The number of anilines is 1. The number of nitrogens with two attached hydrogens (primary N) is 1. The van der Waals surface area contributed by atoms with Gasteiger partial charge in [0.1, 0.15) is 10.6 Å². The van der Waals surface area contributed by atoms with E-state index in [-0.39, 0.29) is 16.2 Å². The van der Waals surface area contributed by atoms with E-state index in [1.54, 1.807) is 6.07 Å². The maximum absolute atomic E-state index is 12.9. The lowest BCUT2D eigenvalue weighted by Gasteiger charge is -2.44. The summed E-state index contributed by atoms with van der Waals surface area (Å²) in [6.07, 6.45) is 0. The van der Waals surface area contributed by atoms with Gasteiger partial charge < -0.3 is 10.5 Å². The van der Waals surface area contributed by atoms with E-state index < -0.39 is 10.0 Å². The summed E-state index contributed by atoms with van der Waals surface area (Å²) in [5.41, 5.74) is 5.97. The molecule has 1 aliphatic rings. The van der Waals surface area contributed by atoms with Gasteiger partial charge in [0.25, 0.3) is 0 Å². The van der Waals surface area contributed by atoms with Crippen molar-refractivity contribution in [3.8, 4) is 5.75 Å². The van der Waals surface area contributed by atoms with Crippen molar-refractivity contribution in [1.29, 1.82) is 0 Å². The van der Waals surface area contributed by atoms with Crippen molar-refractivity contribution in [3.05, 3.63) is 18.2 Å². The standard InChI is InChI=1S/C14H23N3O3S/c1-14(2)10-17(8-7-16(14)3)21(18,19)13-6-5-11(15)9-12(13)20-4/h5-6,9H,7-8,10,15H2,1-4H3. The molecule has 0 amide bonds. The lowest BCUT2D eigenvalue weighted by atomic mass is 10.0. The molecule has 2 rings (SSSR count). The third-order valence-corrected chi connectivity index (χ3v) is 5.97. The van der Waals surface area contributed by atoms with Crippen LogP contribution in [0.3, 0.4) is 0 Å². The van der Waals surface area contributed by atoms with Crippen molar-refractivity contribution in [1.82, 2.24) is 9.21 Å². The Kier molecular flexibility index (Phi) is 4.19. The first-order chi connectivity index (χ1) is 9.68. The Balaban J connectivity index is 2.39. The van der Waals surface area contributed by atoms with E-state index >= 15 is 0 Å². The monoisotopic (exact) mass is 313 g/mol. The molecule has 0 bridgehead atoms. The molecular formula is C14H23N3O3S. The predicted molar refractivity (Wildman–Crippen MR) is 82.9 cm³/mol. The molecule has 1 aromatic rings. The first-order valence-electron chi connectivity index (χ1n) is 6.83. The maximum atomic E-state index is 12.9. The second-order valence-corrected chi connectivity index (χ2v) is 7.89. The van der Waals surface area contributed by atoms with Crippen LogP contribution in [-0.2, 0) is 10.0 Å². The Labute approximate surface area is 126 Å². The number of hydrogen-bond donors (Lipinski definition) is 1. The van der Waals surface area contributed by atoms with Gasteiger partial charge in [0.15, 0.2) is 0 Å². The van der Waals surface area contributed by atoms with E-state index in [1.807, 2.05) is 20.9 Å². The maximum Gasteiger partial charge on any atom is 0.246 e. The van der Waals surface area contributed by atoms with Gasteiger partial charge >= 0.3 is 0 Å². The quantitative estimate of drug-likeness (QED) is 0.842. The van der Waals surface area contributed by atoms with Crippen molar-refractivity contribution in [3.63, 3.8) is 0 Å². The van der Waals surface area contributed by atoms with Gasteiger partial charge in [0, 0.05) is 36.9 Å². The molecule has 118 valence electrons. The number of methoxy groups -OCH3 is 1. The lowest BCUT2D eigenvalue weighted by Crippen LogP contribution is -2.58. The largest absolute Gasteiger partial charge is 0.495 e. The molecule has 0 aliphatic carbocycles. The van der Waals surface area contributed by atoms with Crippen molar-refractivity contribution in [2.24, 2.45) is 0 Å². The average Bonchev–Trinajstić information content (AvgIpc) is 2.41. The molecule has 1 heterocycles. The molecule has 1 fully saturated rings. The minimum atomic E-state index is -3.59.